The van der Waals surface area contributed by atoms with Crippen LogP contribution < -0.4 is 14.8 Å². The van der Waals surface area contributed by atoms with Crippen molar-refractivity contribution in [3.63, 3.8) is 0 Å². The van der Waals surface area contributed by atoms with Gasteiger partial charge >= 0.3 is 0 Å². The zero-order valence-corrected chi connectivity index (χ0v) is 16.7. The van der Waals surface area contributed by atoms with E-state index in [0.717, 1.165) is 12.0 Å². The second-order valence-corrected chi connectivity index (χ2v) is 6.55. The van der Waals surface area contributed by atoms with Crippen LogP contribution in [0.25, 0.3) is 5.69 Å². The van der Waals surface area contributed by atoms with E-state index in [4.69, 9.17) is 9.47 Å². The van der Waals surface area contributed by atoms with Crippen LogP contribution in [0.2, 0.25) is 0 Å². The summed E-state index contributed by atoms with van der Waals surface area (Å²) >= 11 is 0. The largest absolute Gasteiger partial charge is 0.493 e. The Morgan fingerprint density at radius 2 is 2.00 bits per heavy atom. The van der Waals surface area contributed by atoms with E-state index in [-0.39, 0.29) is 23.3 Å². The molecule has 0 fully saturated rings. The van der Waals surface area contributed by atoms with Gasteiger partial charge in [0.25, 0.3) is 5.91 Å². The van der Waals surface area contributed by atoms with Crippen LogP contribution in [-0.4, -0.2) is 29.4 Å². The number of aromatic nitrogens is 2. The van der Waals surface area contributed by atoms with Gasteiger partial charge in [0.2, 0.25) is 0 Å². The van der Waals surface area contributed by atoms with Gasteiger partial charge in [-0.1, -0.05) is 25.1 Å². The van der Waals surface area contributed by atoms with Gasteiger partial charge in [-0.05, 0) is 49.2 Å². The Bertz CT molecular complexity index is 987. The summed E-state index contributed by atoms with van der Waals surface area (Å²) in [7, 11) is 1.58. The number of amides is 1. The van der Waals surface area contributed by atoms with Gasteiger partial charge in [0.1, 0.15) is 11.5 Å². The highest BCUT2D eigenvalue weighted by atomic mass is 19.1. The third-order valence-corrected chi connectivity index (χ3v) is 4.42. The number of benzene rings is 2. The van der Waals surface area contributed by atoms with Gasteiger partial charge in [-0.2, -0.15) is 5.10 Å². The molecule has 0 saturated carbocycles. The van der Waals surface area contributed by atoms with Crippen molar-refractivity contribution in [1.82, 2.24) is 15.1 Å². The Morgan fingerprint density at radius 1 is 1.21 bits per heavy atom. The molecule has 3 aromatic rings. The molecule has 1 aromatic heterocycles. The second-order valence-electron chi connectivity index (χ2n) is 6.55. The van der Waals surface area contributed by atoms with E-state index in [9.17, 15) is 9.18 Å². The Morgan fingerprint density at radius 3 is 2.72 bits per heavy atom. The topological polar surface area (TPSA) is 65.4 Å². The van der Waals surface area contributed by atoms with Gasteiger partial charge in [-0.3, -0.25) is 4.79 Å². The van der Waals surface area contributed by atoms with Crippen molar-refractivity contribution in [1.29, 1.82) is 0 Å². The highest BCUT2D eigenvalue weighted by Gasteiger charge is 2.17. The molecule has 0 bridgehead atoms. The van der Waals surface area contributed by atoms with Crippen LogP contribution in [0.5, 0.6) is 11.5 Å². The number of hydrogen-bond acceptors (Lipinski definition) is 4. The minimum absolute atomic E-state index is 0.204. The minimum atomic E-state index is -0.409. The molecular formula is C22H24FN3O3. The molecule has 0 radical (unpaired) electrons. The molecule has 0 saturated heterocycles. The minimum Gasteiger partial charge on any atom is -0.493 e. The molecule has 0 aliphatic rings. The maximum atomic E-state index is 13.9. The fourth-order valence-electron chi connectivity index (χ4n) is 2.86. The third kappa shape index (κ3) is 4.74. The summed E-state index contributed by atoms with van der Waals surface area (Å²) in [6.07, 6.45) is 2.46. The van der Waals surface area contributed by atoms with Gasteiger partial charge in [-0.25, -0.2) is 9.07 Å². The molecule has 3 rings (SSSR count). The van der Waals surface area contributed by atoms with Crippen molar-refractivity contribution in [2.24, 2.45) is 0 Å². The van der Waals surface area contributed by atoms with E-state index in [1.807, 2.05) is 32.0 Å². The van der Waals surface area contributed by atoms with E-state index in [1.54, 1.807) is 37.6 Å². The van der Waals surface area contributed by atoms with Crippen molar-refractivity contribution in [2.45, 2.75) is 26.3 Å². The normalized spacial score (nSPS) is 11.7. The Hall–Kier alpha value is -3.35. The number of ether oxygens (including phenoxy) is 2. The predicted molar refractivity (Wildman–Crippen MR) is 108 cm³/mol. The second kappa shape index (κ2) is 9.23. The number of carbonyl (C=O) groups is 1. The monoisotopic (exact) mass is 397 g/mol. The third-order valence-electron chi connectivity index (χ3n) is 4.42. The summed E-state index contributed by atoms with van der Waals surface area (Å²) < 4.78 is 26.3. The molecule has 0 spiro atoms. The lowest BCUT2D eigenvalue weighted by Gasteiger charge is -2.16. The van der Waals surface area contributed by atoms with Crippen LogP contribution >= 0.6 is 0 Å². The molecule has 1 unspecified atom stereocenters. The average Bonchev–Trinajstić information content (AvgIpc) is 3.22. The van der Waals surface area contributed by atoms with Crippen LogP contribution in [0.3, 0.4) is 0 Å². The average molecular weight is 397 g/mol. The SMILES string of the molecule is CCCOc1ccc(C(C)NC(=O)c2ccn(-c3ccccc3F)n2)cc1OC. The molecule has 7 heteroatoms. The van der Waals surface area contributed by atoms with Crippen LogP contribution in [0.1, 0.15) is 42.4 Å². The van der Waals surface area contributed by atoms with Crippen molar-refractivity contribution >= 4 is 5.91 Å². The highest BCUT2D eigenvalue weighted by molar-refractivity contribution is 5.92. The van der Waals surface area contributed by atoms with Crippen molar-refractivity contribution in [3.8, 4) is 17.2 Å². The van der Waals surface area contributed by atoms with Crippen LogP contribution in [0, 0.1) is 5.82 Å². The number of halogens is 1. The number of rotatable bonds is 8. The highest BCUT2D eigenvalue weighted by Crippen LogP contribution is 2.30. The van der Waals surface area contributed by atoms with Gasteiger partial charge in [0, 0.05) is 6.20 Å². The molecule has 0 aliphatic carbocycles. The smallest absolute Gasteiger partial charge is 0.272 e. The summed E-state index contributed by atoms with van der Waals surface area (Å²) in [5, 5.41) is 7.09. The van der Waals surface area contributed by atoms with E-state index >= 15 is 0 Å². The van der Waals surface area contributed by atoms with Gasteiger partial charge in [0.05, 0.1) is 19.8 Å². The summed E-state index contributed by atoms with van der Waals surface area (Å²) in [4.78, 5) is 12.6. The summed E-state index contributed by atoms with van der Waals surface area (Å²) in [5.41, 5.74) is 1.36. The number of nitrogens with one attached hydrogen (secondary N) is 1. The van der Waals surface area contributed by atoms with Crippen molar-refractivity contribution < 1.29 is 18.7 Å². The van der Waals surface area contributed by atoms with Gasteiger partial charge in [0.15, 0.2) is 17.2 Å². The van der Waals surface area contributed by atoms with Crippen molar-refractivity contribution in [2.75, 3.05) is 13.7 Å². The maximum Gasteiger partial charge on any atom is 0.272 e. The van der Waals surface area contributed by atoms with Crippen LogP contribution in [0.15, 0.2) is 54.7 Å². The summed E-state index contributed by atoms with van der Waals surface area (Å²) in [6, 6.07) is 13.1. The van der Waals surface area contributed by atoms with E-state index in [2.05, 4.69) is 10.4 Å². The Balaban J connectivity index is 1.72. The quantitative estimate of drug-likeness (QED) is 0.616. The molecule has 29 heavy (non-hydrogen) atoms. The van der Waals surface area contributed by atoms with Crippen LogP contribution in [0.4, 0.5) is 4.39 Å². The first-order chi connectivity index (χ1) is 14.0. The molecule has 1 atom stereocenters. The molecule has 1 amide bonds. The maximum absolute atomic E-state index is 13.9. The summed E-state index contributed by atoms with van der Waals surface area (Å²) in [5.74, 6) is 0.521. The van der Waals surface area contributed by atoms with Crippen molar-refractivity contribution in [3.05, 3.63) is 71.8 Å². The molecule has 6 nitrogen and oxygen atoms in total. The Kier molecular flexibility index (Phi) is 6.49. The number of para-hydroxylation sites is 1. The number of methoxy groups -OCH3 is 1. The van der Waals surface area contributed by atoms with Gasteiger partial charge in [-0.15, -0.1) is 0 Å². The Labute approximate surface area is 169 Å². The van der Waals surface area contributed by atoms with E-state index in [1.165, 1.54) is 10.7 Å². The fourth-order valence-corrected chi connectivity index (χ4v) is 2.86. The van der Waals surface area contributed by atoms with Gasteiger partial charge < -0.3 is 14.8 Å². The zero-order chi connectivity index (χ0) is 20.8. The first kappa shape index (κ1) is 20.4. The van der Waals surface area contributed by atoms with E-state index < -0.39 is 5.82 Å². The fraction of sp³-hybridized carbons (Fsp3) is 0.273. The molecule has 1 heterocycles. The number of hydrogen-bond donors (Lipinski definition) is 1. The summed E-state index contributed by atoms with van der Waals surface area (Å²) in [6.45, 7) is 4.51. The molecule has 1 N–H and O–H groups in total. The zero-order valence-electron chi connectivity index (χ0n) is 16.7. The lowest BCUT2D eigenvalue weighted by Crippen LogP contribution is -2.27. The molecule has 152 valence electrons. The van der Waals surface area contributed by atoms with E-state index in [0.29, 0.717) is 18.1 Å². The predicted octanol–water partition coefficient (Wildman–Crippen LogP) is 4.30. The molecular weight excluding hydrogens is 373 g/mol. The van der Waals surface area contributed by atoms with Crippen LogP contribution in [-0.2, 0) is 0 Å². The standard InChI is InChI=1S/C22H24FN3O3/c1-4-13-29-20-10-9-16(14-21(20)28-3)15(2)24-22(27)18-11-12-26(25-18)19-8-6-5-7-17(19)23/h5-12,14-15H,4,13H2,1-3H3,(H,24,27). The lowest BCUT2D eigenvalue weighted by atomic mass is 10.1. The molecule has 2 aromatic carbocycles. The first-order valence-corrected chi connectivity index (χ1v) is 9.45. The number of nitrogens with zero attached hydrogens (tertiary/aromatic N) is 2. The molecule has 0 aliphatic heterocycles. The number of carbonyl (C=O) groups excluding carboxylic acids is 1. The first-order valence-electron chi connectivity index (χ1n) is 9.45. The lowest BCUT2D eigenvalue weighted by molar-refractivity contribution is 0.0934.